The topological polar surface area (TPSA) is 105 Å². The Balaban J connectivity index is 1.81. The Morgan fingerprint density at radius 3 is 2.13 bits per heavy atom. The van der Waals surface area contributed by atoms with Crippen LogP contribution in [0.3, 0.4) is 0 Å². The number of hydrogen-bond acceptors (Lipinski definition) is 6. The fraction of sp³-hybridized carbons (Fsp3) is 0.235. The highest BCUT2D eigenvalue weighted by molar-refractivity contribution is 9.10. The van der Waals surface area contributed by atoms with E-state index >= 15 is 0 Å². The predicted octanol–water partition coefficient (Wildman–Crippen LogP) is 5.36. The lowest BCUT2D eigenvalue weighted by Crippen LogP contribution is -2.53. The van der Waals surface area contributed by atoms with Crippen LogP contribution >= 0.6 is 15.9 Å². The number of nitrogens with one attached hydrogen (secondary N) is 1. The molecule has 2 amide bonds. The van der Waals surface area contributed by atoms with Crippen LogP contribution in [0.25, 0.3) is 0 Å². The highest BCUT2D eigenvalue weighted by atomic mass is 79.9. The summed E-state index contributed by atoms with van der Waals surface area (Å²) in [5.41, 5.74) is 2.84. The number of amides is 2. The molecule has 0 spiro atoms. The average Bonchev–Trinajstić information content (AvgIpc) is 3.05. The summed E-state index contributed by atoms with van der Waals surface area (Å²) in [6, 6.07) is 27.0. The van der Waals surface area contributed by atoms with Gasteiger partial charge in [-0.05, 0) is 54.4 Å². The summed E-state index contributed by atoms with van der Waals surface area (Å²) in [5, 5.41) is 2.69. The molecule has 1 N–H and O–H groups in total. The molecule has 45 heavy (non-hydrogen) atoms. The van der Waals surface area contributed by atoms with Gasteiger partial charge in [0.2, 0.25) is 11.8 Å². The van der Waals surface area contributed by atoms with Crippen molar-refractivity contribution in [2.24, 2.45) is 0 Å². The molecule has 0 saturated heterocycles. The minimum absolute atomic E-state index is 0.0708. The molecule has 0 aliphatic rings. The van der Waals surface area contributed by atoms with Crippen molar-refractivity contribution in [1.29, 1.82) is 0 Å². The minimum atomic E-state index is -4.30. The number of anilines is 1. The van der Waals surface area contributed by atoms with Crippen molar-refractivity contribution in [3.63, 3.8) is 0 Å². The van der Waals surface area contributed by atoms with E-state index in [4.69, 9.17) is 9.47 Å². The fourth-order valence-electron chi connectivity index (χ4n) is 4.90. The standard InChI is InChI=1S/C34H36BrN3O6S/c1-24-13-15-28(16-14-24)38(45(41,42)29-17-18-31(43-3)32(21-29)44-4)23-33(39)37(22-26-11-8-12-27(35)19-26)30(34(40)36-2)20-25-9-6-5-7-10-25/h5-19,21,30H,20,22-23H2,1-4H3,(H,36,40)/t30-/m0/s1. The Hall–Kier alpha value is -4.35. The van der Waals surface area contributed by atoms with Crippen molar-refractivity contribution in [3.05, 3.63) is 118 Å². The third kappa shape index (κ3) is 8.23. The maximum Gasteiger partial charge on any atom is 0.264 e. The summed E-state index contributed by atoms with van der Waals surface area (Å²) in [7, 11) is 0.0927. The third-order valence-corrected chi connectivity index (χ3v) is 9.57. The molecule has 0 radical (unpaired) electrons. The SMILES string of the molecule is CNC(=O)[C@H](Cc1ccccc1)N(Cc1cccc(Br)c1)C(=O)CN(c1ccc(C)cc1)S(=O)(=O)c1ccc(OC)c(OC)c1. The number of carbonyl (C=O) groups is 2. The van der Waals surface area contributed by atoms with Crippen LogP contribution in [0.2, 0.25) is 0 Å². The summed E-state index contributed by atoms with van der Waals surface area (Å²) < 4.78 is 41.1. The largest absolute Gasteiger partial charge is 0.493 e. The van der Waals surface area contributed by atoms with Crippen molar-refractivity contribution >= 4 is 43.5 Å². The fourth-order valence-corrected chi connectivity index (χ4v) is 6.77. The average molecular weight is 695 g/mol. The first-order chi connectivity index (χ1) is 21.6. The molecule has 1 atom stereocenters. The number of hydrogen-bond donors (Lipinski definition) is 1. The third-order valence-electron chi connectivity index (χ3n) is 7.30. The molecule has 0 fully saturated rings. The van der Waals surface area contributed by atoms with Gasteiger partial charge in [0.15, 0.2) is 11.5 Å². The zero-order chi connectivity index (χ0) is 32.6. The van der Waals surface area contributed by atoms with Gasteiger partial charge in [0.1, 0.15) is 12.6 Å². The first kappa shape index (κ1) is 33.5. The van der Waals surface area contributed by atoms with Crippen LogP contribution in [0.15, 0.2) is 106 Å². The molecular weight excluding hydrogens is 658 g/mol. The molecule has 4 aromatic rings. The zero-order valence-electron chi connectivity index (χ0n) is 25.6. The highest BCUT2D eigenvalue weighted by Gasteiger charge is 2.34. The monoisotopic (exact) mass is 693 g/mol. The van der Waals surface area contributed by atoms with E-state index in [1.807, 2.05) is 61.5 Å². The molecule has 0 aromatic heterocycles. The maximum atomic E-state index is 14.4. The summed E-state index contributed by atoms with van der Waals surface area (Å²) in [5.74, 6) is -0.326. The molecule has 4 aromatic carbocycles. The van der Waals surface area contributed by atoms with Gasteiger partial charge in [-0.2, -0.15) is 0 Å². The van der Waals surface area contributed by atoms with Gasteiger partial charge in [-0.15, -0.1) is 0 Å². The molecule has 0 aliphatic carbocycles. The first-order valence-electron chi connectivity index (χ1n) is 14.2. The van der Waals surface area contributed by atoms with E-state index < -0.39 is 28.5 Å². The lowest BCUT2D eigenvalue weighted by atomic mass is 10.0. The lowest BCUT2D eigenvalue weighted by molar-refractivity contribution is -0.139. The van der Waals surface area contributed by atoms with Crippen LogP contribution in [0.5, 0.6) is 11.5 Å². The van der Waals surface area contributed by atoms with Gasteiger partial charge >= 0.3 is 0 Å². The Morgan fingerprint density at radius 1 is 0.844 bits per heavy atom. The Kier molecular flexibility index (Phi) is 11.2. The van der Waals surface area contributed by atoms with Gasteiger partial charge in [-0.25, -0.2) is 8.42 Å². The second-order valence-electron chi connectivity index (χ2n) is 10.3. The van der Waals surface area contributed by atoms with Crippen molar-refractivity contribution in [3.8, 4) is 11.5 Å². The molecule has 0 saturated carbocycles. The van der Waals surface area contributed by atoms with Crippen LogP contribution in [-0.2, 0) is 32.6 Å². The number of methoxy groups -OCH3 is 2. The second-order valence-corrected chi connectivity index (χ2v) is 13.1. The van der Waals surface area contributed by atoms with Crippen LogP contribution in [-0.4, -0.2) is 59.0 Å². The molecule has 0 heterocycles. The van der Waals surface area contributed by atoms with Crippen molar-refractivity contribution in [2.45, 2.75) is 30.8 Å². The quantitative estimate of drug-likeness (QED) is 0.202. The van der Waals surface area contributed by atoms with Crippen LogP contribution in [0, 0.1) is 6.92 Å². The normalized spacial score (nSPS) is 11.8. The van der Waals surface area contributed by atoms with Crippen molar-refractivity contribution < 1.29 is 27.5 Å². The van der Waals surface area contributed by atoms with Gasteiger partial charge in [0, 0.05) is 30.6 Å². The molecule has 236 valence electrons. The molecule has 0 unspecified atom stereocenters. The van der Waals surface area contributed by atoms with Gasteiger partial charge in [0.25, 0.3) is 10.0 Å². The Bertz CT molecular complexity index is 1730. The number of ether oxygens (including phenoxy) is 2. The first-order valence-corrected chi connectivity index (χ1v) is 16.4. The number of carbonyl (C=O) groups excluding carboxylic acids is 2. The molecular formula is C34H36BrN3O6S. The number of rotatable bonds is 13. The lowest BCUT2D eigenvalue weighted by Gasteiger charge is -2.33. The van der Waals surface area contributed by atoms with E-state index in [9.17, 15) is 18.0 Å². The summed E-state index contributed by atoms with van der Waals surface area (Å²) in [4.78, 5) is 29.2. The minimum Gasteiger partial charge on any atom is -0.493 e. The molecule has 9 nitrogen and oxygen atoms in total. The van der Waals surface area contributed by atoms with Crippen molar-refractivity contribution in [1.82, 2.24) is 10.2 Å². The van der Waals surface area contributed by atoms with Crippen LogP contribution < -0.4 is 19.1 Å². The van der Waals surface area contributed by atoms with E-state index in [1.165, 1.54) is 44.4 Å². The summed E-state index contributed by atoms with van der Waals surface area (Å²) in [6.07, 6.45) is 0.229. The molecule has 0 aliphatic heterocycles. The van der Waals surface area contributed by atoms with Crippen molar-refractivity contribution in [2.75, 3.05) is 32.1 Å². The number of benzene rings is 4. The zero-order valence-corrected chi connectivity index (χ0v) is 28.0. The van der Waals surface area contributed by atoms with Gasteiger partial charge < -0.3 is 19.7 Å². The molecule has 0 bridgehead atoms. The summed E-state index contributed by atoms with van der Waals surface area (Å²) in [6.45, 7) is 1.40. The van der Waals surface area contributed by atoms with E-state index in [2.05, 4.69) is 21.2 Å². The van der Waals surface area contributed by atoms with E-state index in [0.29, 0.717) is 11.4 Å². The predicted molar refractivity (Wildman–Crippen MR) is 178 cm³/mol. The number of sulfonamides is 1. The number of likely N-dealkylation sites (N-methyl/N-ethyl adjacent to an activating group) is 1. The molecule has 4 rings (SSSR count). The van der Waals surface area contributed by atoms with Gasteiger partial charge in [-0.3, -0.25) is 13.9 Å². The molecule has 11 heteroatoms. The van der Waals surface area contributed by atoms with Gasteiger partial charge in [-0.1, -0.05) is 76.1 Å². The number of nitrogens with zero attached hydrogens (tertiary/aromatic N) is 2. The number of halogens is 1. The van der Waals surface area contributed by atoms with E-state index in [-0.39, 0.29) is 29.5 Å². The second kappa shape index (κ2) is 15.1. The van der Waals surface area contributed by atoms with Crippen LogP contribution in [0.4, 0.5) is 5.69 Å². The number of aryl methyl sites for hydroxylation is 1. The Morgan fingerprint density at radius 2 is 1.51 bits per heavy atom. The van der Waals surface area contributed by atoms with Crippen LogP contribution in [0.1, 0.15) is 16.7 Å². The van der Waals surface area contributed by atoms with Gasteiger partial charge in [0.05, 0.1) is 24.8 Å². The maximum absolute atomic E-state index is 14.4. The smallest absolute Gasteiger partial charge is 0.264 e. The van der Waals surface area contributed by atoms with E-state index in [1.54, 1.807) is 24.3 Å². The summed E-state index contributed by atoms with van der Waals surface area (Å²) >= 11 is 3.48. The Labute approximate surface area is 273 Å². The van der Waals surface area contributed by atoms with E-state index in [0.717, 1.165) is 25.5 Å². The highest BCUT2D eigenvalue weighted by Crippen LogP contribution is 2.32.